The van der Waals surface area contributed by atoms with E-state index in [4.69, 9.17) is 33.7 Å². The molecule has 2 rings (SSSR count). The van der Waals surface area contributed by atoms with E-state index in [2.05, 4.69) is 5.32 Å². The zero-order valence-corrected chi connectivity index (χ0v) is 15.8. The Kier molecular flexibility index (Phi) is 6.12. The molecule has 138 valence electrons. The molecule has 0 aromatic heterocycles. The second-order valence-electron chi connectivity index (χ2n) is 5.27. The maximum Gasteiger partial charge on any atom is 0.340 e. The summed E-state index contributed by atoms with van der Waals surface area (Å²) in [6.45, 7) is -0.621. The second kappa shape index (κ2) is 7.94. The molecule has 0 heterocycles. The van der Waals surface area contributed by atoms with Gasteiger partial charge in [0.05, 0.1) is 21.2 Å². The largest absolute Gasteiger partial charge is 0.452 e. The summed E-state index contributed by atoms with van der Waals surface area (Å²) in [4.78, 5) is 23.9. The number of ether oxygens (including phenoxy) is 1. The third kappa shape index (κ3) is 5.10. The first kappa shape index (κ1) is 20.0. The molecule has 0 saturated heterocycles. The van der Waals surface area contributed by atoms with Gasteiger partial charge in [-0.2, -0.15) is 0 Å². The maximum atomic E-state index is 12.0. The molecule has 0 fully saturated rings. The molecule has 0 unspecified atom stereocenters. The normalized spacial score (nSPS) is 11.0. The van der Waals surface area contributed by atoms with Crippen LogP contribution in [0.3, 0.4) is 0 Å². The Hall–Kier alpha value is -2.29. The van der Waals surface area contributed by atoms with Crippen LogP contribution in [-0.2, 0) is 19.4 Å². The molecule has 0 bridgehead atoms. The van der Waals surface area contributed by atoms with Gasteiger partial charge in [0.1, 0.15) is 0 Å². The lowest BCUT2D eigenvalue weighted by Crippen LogP contribution is -2.21. The van der Waals surface area contributed by atoms with Crippen LogP contribution in [0.15, 0.2) is 41.3 Å². The number of hydrogen-bond acceptors (Lipinski definition) is 6. The Bertz CT molecular complexity index is 977. The van der Waals surface area contributed by atoms with Crippen molar-refractivity contribution in [1.29, 1.82) is 0 Å². The molecule has 2 aromatic carbocycles. The molecule has 0 aliphatic heterocycles. The maximum absolute atomic E-state index is 12.0. The van der Waals surface area contributed by atoms with Crippen LogP contribution in [0.5, 0.6) is 0 Å². The molecule has 0 spiro atoms. The van der Waals surface area contributed by atoms with Crippen molar-refractivity contribution in [2.75, 3.05) is 23.9 Å². The fourth-order valence-corrected chi connectivity index (χ4v) is 2.92. The van der Waals surface area contributed by atoms with Crippen molar-refractivity contribution in [2.45, 2.75) is 4.90 Å². The van der Waals surface area contributed by atoms with Crippen LogP contribution in [0.2, 0.25) is 10.0 Å². The predicted octanol–water partition coefficient (Wildman–Crippen LogP) is 2.77. The molecule has 0 aliphatic rings. The van der Waals surface area contributed by atoms with Gasteiger partial charge in [-0.3, -0.25) is 4.79 Å². The molecule has 0 radical (unpaired) electrons. The van der Waals surface area contributed by atoms with Crippen LogP contribution in [0.1, 0.15) is 10.4 Å². The Morgan fingerprint density at radius 2 is 1.85 bits per heavy atom. The quantitative estimate of drug-likeness (QED) is 0.571. The summed E-state index contributed by atoms with van der Waals surface area (Å²) in [5.41, 5.74) is 5.93. The number of halogens is 2. The molecule has 0 saturated carbocycles. The van der Waals surface area contributed by atoms with E-state index >= 15 is 0 Å². The first-order valence-corrected chi connectivity index (χ1v) is 9.74. The van der Waals surface area contributed by atoms with Gasteiger partial charge in [-0.1, -0.05) is 23.2 Å². The highest BCUT2D eigenvalue weighted by molar-refractivity contribution is 7.90. The van der Waals surface area contributed by atoms with Gasteiger partial charge in [-0.25, -0.2) is 13.2 Å². The molecular formula is C16H14Cl2N2O5S. The first-order chi connectivity index (χ1) is 12.1. The Morgan fingerprint density at radius 3 is 2.50 bits per heavy atom. The third-order valence-corrected chi connectivity index (χ3v) is 4.88. The summed E-state index contributed by atoms with van der Waals surface area (Å²) in [5, 5.41) is 2.81. The van der Waals surface area contributed by atoms with Crippen LogP contribution in [-0.4, -0.2) is 33.2 Å². The summed E-state index contributed by atoms with van der Waals surface area (Å²) in [6.07, 6.45) is 1.03. The average Bonchev–Trinajstić information content (AvgIpc) is 2.55. The number of rotatable bonds is 5. The molecule has 2 aromatic rings. The minimum atomic E-state index is -3.47. The molecule has 0 aliphatic carbocycles. The van der Waals surface area contributed by atoms with Gasteiger partial charge in [0.2, 0.25) is 0 Å². The second-order valence-corrected chi connectivity index (χ2v) is 8.13. The van der Waals surface area contributed by atoms with E-state index in [1.54, 1.807) is 0 Å². The van der Waals surface area contributed by atoms with E-state index in [9.17, 15) is 18.0 Å². The first-order valence-electron chi connectivity index (χ1n) is 7.09. The summed E-state index contributed by atoms with van der Waals surface area (Å²) >= 11 is 11.7. The monoisotopic (exact) mass is 416 g/mol. The number of anilines is 2. The van der Waals surface area contributed by atoms with Gasteiger partial charge in [0.15, 0.2) is 16.4 Å². The molecular weight excluding hydrogens is 403 g/mol. The molecule has 7 nitrogen and oxygen atoms in total. The van der Waals surface area contributed by atoms with Crippen molar-refractivity contribution in [3.8, 4) is 0 Å². The Balaban J connectivity index is 2.05. The third-order valence-electron chi connectivity index (χ3n) is 3.21. The number of benzene rings is 2. The van der Waals surface area contributed by atoms with E-state index in [0.717, 1.165) is 6.26 Å². The number of amides is 1. The van der Waals surface area contributed by atoms with E-state index in [0.29, 0.717) is 5.02 Å². The van der Waals surface area contributed by atoms with Crippen molar-refractivity contribution >= 4 is 56.3 Å². The molecule has 3 N–H and O–H groups in total. The SMILES string of the molecule is CS(=O)(=O)c1ccc(Cl)c(NC(=O)COC(=O)c2cc(Cl)ccc2N)c1. The summed E-state index contributed by atoms with van der Waals surface area (Å²) in [5.74, 6) is -1.53. The van der Waals surface area contributed by atoms with E-state index in [1.807, 2.05) is 0 Å². The minimum Gasteiger partial charge on any atom is -0.452 e. The number of hydrogen-bond donors (Lipinski definition) is 2. The van der Waals surface area contributed by atoms with Crippen molar-refractivity contribution in [2.24, 2.45) is 0 Å². The lowest BCUT2D eigenvalue weighted by molar-refractivity contribution is -0.119. The van der Waals surface area contributed by atoms with Crippen LogP contribution in [0.25, 0.3) is 0 Å². The van der Waals surface area contributed by atoms with Crippen LogP contribution in [0.4, 0.5) is 11.4 Å². The topological polar surface area (TPSA) is 116 Å². The van der Waals surface area contributed by atoms with Crippen molar-refractivity contribution < 1.29 is 22.7 Å². The lowest BCUT2D eigenvalue weighted by Gasteiger charge is -2.10. The number of nitrogens with two attached hydrogens (primary N) is 1. The van der Waals surface area contributed by atoms with E-state index in [-0.39, 0.29) is 26.9 Å². The Labute approximate surface area is 160 Å². The molecule has 10 heteroatoms. The summed E-state index contributed by atoms with van der Waals surface area (Å²) in [7, 11) is -3.47. The van der Waals surface area contributed by atoms with E-state index < -0.39 is 28.3 Å². The zero-order chi connectivity index (χ0) is 19.5. The van der Waals surface area contributed by atoms with Gasteiger partial charge in [0.25, 0.3) is 5.91 Å². The summed E-state index contributed by atoms with van der Waals surface area (Å²) < 4.78 is 28.0. The number of nitrogen functional groups attached to an aromatic ring is 1. The average molecular weight is 417 g/mol. The highest BCUT2D eigenvalue weighted by atomic mass is 35.5. The van der Waals surface area contributed by atoms with Crippen LogP contribution < -0.4 is 11.1 Å². The van der Waals surface area contributed by atoms with Crippen LogP contribution >= 0.6 is 23.2 Å². The minimum absolute atomic E-state index is 0.0131. The molecule has 1 amide bonds. The summed E-state index contributed by atoms with van der Waals surface area (Å²) in [6, 6.07) is 8.14. The number of nitrogens with one attached hydrogen (secondary N) is 1. The fourth-order valence-electron chi connectivity index (χ4n) is 1.93. The number of carbonyl (C=O) groups is 2. The van der Waals surface area contributed by atoms with Gasteiger partial charge in [-0.15, -0.1) is 0 Å². The van der Waals surface area contributed by atoms with Crippen LogP contribution in [0, 0.1) is 0 Å². The van der Waals surface area contributed by atoms with Gasteiger partial charge < -0.3 is 15.8 Å². The van der Waals surface area contributed by atoms with E-state index in [1.165, 1.54) is 36.4 Å². The Morgan fingerprint density at radius 1 is 1.15 bits per heavy atom. The van der Waals surface area contributed by atoms with Crippen molar-refractivity contribution in [1.82, 2.24) is 0 Å². The van der Waals surface area contributed by atoms with Crippen molar-refractivity contribution in [3.63, 3.8) is 0 Å². The fraction of sp³-hybridized carbons (Fsp3) is 0.125. The highest BCUT2D eigenvalue weighted by Gasteiger charge is 2.16. The number of esters is 1. The zero-order valence-electron chi connectivity index (χ0n) is 13.5. The standard InChI is InChI=1S/C16H14Cl2N2O5S/c1-26(23,24)10-3-4-12(18)14(7-10)20-15(21)8-25-16(22)11-6-9(17)2-5-13(11)19/h2-7H,8,19H2,1H3,(H,20,21). The predicted molar refractivity (Wildman–Crippen MR) is 99.3 cm³/mol. The van der Waals surface area contributed by atoms with Gasteiger partial charge >= 0.3 is 5.97 Å². The van der Waals surface area contributed by atoms with Gasteiger partial charge in [0, 0.05) is 17.0 Å². The number of sulfone groups is 1. The number of carbonyl (C=O) groups excluding carboxylic acids is 2. The smallest absolute Gasteiger partial charge is 0.340 e. The molecule has 26 heavy (non-hydrogen) atoms. The molecule has 0 atom stereocenters. The van der Waals surface area contributed by atoms with Gasteiger partial charge in [-0.05, 0) is 36.4 Å². The lowest BCUT2D eigenvalue weighted by atomic mass is 10.2. The van der Waals surface area contributed by atoms with Crippen molar-refractivity contribution in [3.05, 3.63) is 52.0 Å². The highest BCUT2D eigenvalue weighted by Crippen LogP contribution is 2.25.